The number of rotatable bonds is 2. The molecule has 2 fully saturated rings. The Balaban J connectivity index is 2.03. The summed E-state index contributed by atoms with van der Waals surface area (Å²) in [4.78, 5) is 5.22. The molecule has 0 aromatic heterocycles. The molecule has 2 heterocycles. The Morgan fingerprint density at radius 3 is 2.88 bits per heavy atom. The summed E-state index contributed by atoms with van der Waals surface area (Å²) in [6.07, 6.45) is 10.9. The molecule has 16 heavy (non-hydrogen) atoms. The zero-order chi connectivity index (χ0) is 11.5. The molecule has 2 nitrogen and oxygen atoms in total. The molecule has 3 atom stereocenters. The van der Waals surface area contributed by atoms with E-state index in [0.29, 0.717) is 12.1 Å². The first-order chi connectivity index (χ1) is 7.76. The maximum atomic E-state index is 5.64. The van der Waals surface area contributed by atoms with Crippen molar-refractivity contribution in [1.29, 1.82) is 0 Å². The smallest absolute Gasteiger partial charge is 0.0712 e. The van der Waals surface area contributed by atoms with Crippen molar-refractivity contribution in [2.75, 3.05) is 19.6 Å². The molecule has 0 radical (unpaired) electrons. The summed E-state index contributed by atoms with van der Waals surface area (Å²) in [7, 11) is 0. The summed E-state index contributed by atoms with van der Waals surface area (Å²) in [5, 5.41) is 0. The molecule has 3 unspecified atom stereocenters. The fourth-order valence-corrected chi connectivity index (χ4v) is 3.26. The maximum absolute atomic E-state index is 5.64. The zero-order valence-corrected chi connectivity index (χ0v) is 10.7. The molecule has 0 aliphatic carbocycles. The van der Waals surface area contributed by atoms with Crippen molar-refractivity contribution in [2.24, 2.45) is 0 Å². The third kappa shape index (κ3) is 2.26. The highest BCUT2D eigenvalue weighted by atomic mass is 15.3. The van der Waals surface area contributed by atoms with Crippen LogP contribution >= 0.6 is 0 Å². The van der Waals surface area contributed by atoms with Crippen LogP contribution in [-0.2, 0) is 0 Å². The van der Waals surface area contributed by atoms with Crippen molar-refractivity contribution >= 4 is 0 Å². The van der Waals surface area contributed by atoms with Gasteiger partial charge in [-0.05, 0) is 32.7 Å². The van der Waals surface area contributed by atoms with Gasteiger partial charge >= 0.3 is 0 Å². The van der Waals surface area contributed by atoms with Gasteiger partial charge in [-0.15, -0.1) is 6.42 Å². The van der Waals surface area contributed by atoms with Gasteiger partial charge in [0.25, 0.3) is 0 Å². The molecule has 0 bridgehead atoms. The van der Waals surface area contributed by atoms with Gasteiger partial charge in [-0.2, -0.15) is 0 Å². The van der Waals surface area contributed by atoms with Crippen LogP contribution in [0.3, 0.4) is 0 Å². The summed E-state index contributed by atoms with van der Waals surface area (Å²) in [6, 6.07) is 1.74. The Labute approximate surface area is 100.0 Å². The SMILES string of the molecule is C#CC(CC)N1CC2CCCCN2CC1C. The lowest BCUT2D eigenvalue weighted by molar-refractivity contribution is 0.00303. The average Bonchev–Trinajstić information content (AvgIpc) is 2.31. The molecule has 0 N–H and O–H groups in total. The van der Waals surface area contributed by atoms with Gasteiger partial charge in [-0.3, -0.25) is 9.80 Å². The zero-order valence-electron chi connectivity index (χ0n) is 10.7. The third-order valence-corrected chi connectivity index (χ3v) is 4.21. The van der Waals surface area contributed by atoms with Gasteiger partial charge in [0.05, 0.1) is 6.04 Å². The first kappa shape index (κ1) is 12.0. The van der Waals surface area contributed by atoms with Crippen LogP contribution in [0, 0.1) is 12.3 Å². The van der Waals surface area contributed by atoms with Crippen molar-refractivity contribution in [3.8, 4) is 12.3 Å². The molecule has 2 heteroatoms. The van der Waals surface area contributed by atoms with Crippen LogP contribution in [-0.4, -0.2) is 47.6 Å². The number of hydrogen-bond donors (Lipinski definition) is 0. The van der Waals surface area contributed by atoms with Crippen molar-refractivity contribution in [2.45, 2.75) is 57.7 Å². The first-order valence-electron chi connectivity index (χ1n) is 6.72. The predicted molar refractivity (Wildman–Crippen MR) is 68.3 cm³/mol. The lowest BCUT2D eigenvalue weighted by atomic mass is 9.95. The molecule has 2 saturated heterocycles. The van der Waals surface area contributed by atoms with Crippen LogP contribution in [0.4, 0.5) is 0 Å². The van der Waals surface area contributed by atoms with E-state index in [0.717, 1.165) is 12.5 Å². The van der Waals surface area contributed by atoms with Crippen LogP contribution < -0.4 is 0 Å². The van der Waals surface area contributed by atoms with Crippen molar-refractivity contribution in [3.63, 3.8) is 0 Å². The fourth-order valence-electron chi connectivity index (χ4n) is 3.26. The van der Waals surface area contributed by atoms with E-state index in [1.165, 1.54) is 38.9 Å². The minimum atomic E-state index is 0.346. The predicted octanol–water partition coefficient (Wildman–Crippen LogP) is 1.96. The lowest BCUT2D eigenvalue weighted by Gasteiger charge is -2.49. The molecule has 0 amide bonds. The highest BCUT2D eigenvalue weighted by Gasteiger charge is 2.34. The van der Waals surface area contributed by atoms with E-state index in [1.54, 1.807) is 0 Å². The van der Waals surface area contributed by atoms with E-state index in [1.807, 2.05) is 0 Å². The maximum Gasteiger partial charge on any atom is 0.0712 e. The molecule has 0 spiro atoms. The largest absolute Gasteiger partial charge is 0.298 e. The quantitative estimate of drug-likeness (QED) is 0.656. The van der Waals surface area contributed by atoms with Gasteiger partial charge in [0.1, 0.15) is 0 Å². The second-order valence-corrected chi connectivity index (χ2v) is 5.28. The normalized spacial score (nSPS) is 34.1. The summed E-state index contributed by atoms with van der Waals surface area (Å²) in [5.74, 6) is 2.95. The molecule has 2 rings (SSSR count). The van der Waals surface area contributed by atoms with Crippen LogP contribution in [0.15, 0.2) is 0 Å². The van der Waals surface area contributed by atoms with Gasteiger partial charge in [-0.1, -0.05) is 19.3 Å². The summed E-state index contributed by atoms with van der Waals surface area (Å²) >= 11 is 0. The Kier molecular flexibility index (Phi) is 3.89. The van der Waals surface area contributed by atoms with Crippen LogP contribution in [0.25, 0.3) is 0 Å². The molecule has 90 valence electrons. The monoisotopic (exact) mass is 220 g/mol. The standard InChI is InChI=1S/C14H24N2/c1-4-13(5-2)16-11-14-8-6-7-9-15(14)10-12(16)3/h1,12-14H,5-11H2,2-3H3. The lowest BCUT2D eigenvalue weighted by Crippen LogP contribution is -2.60. The molecule has 0 aromatic rings. The van der Waals surface area contributed by atoms with Crippen LogP contribution in [0.2, 0.25) is 0 Å². The number of terminal acetylenes is 1. The molecule has 0 aromatic carbocycles. The Hall–Kier alpha value is -0.520. The summed E-state index contributed by atoms with van der Waals surface area (Å²) in [6.45, 7) is 8.22. The number of hydrogen-bond acceptors (Lipinski definition) is 2. The number of fused-ring (bicyclic) bond motifs is 1. The van der Waals surface area contributed by atoms with Gasteiger partial charge in [0, 0.05) is 25.2 Å². The minimum Gasteiger partial charge on any atom is -0.298 e. The van der Waals surface area contributed by atoms with E-state index in [9.17, 15) is 0 Å². The average molecular weight is 220 g/mol. The summed E-state index contributed by atoms with van der Waals surface area (Å²) < 4.78 is 0. The number of nitrogens with zero attached hydrogens (tertiary/aromatic N) is 2. The highest BCUT2D eigenvalue weighted by molar-refractivity contribution is 5.03. The molecule has 2 aliphatic heterocycles. The van der Waals surface area contributed by atoms with Gasteiger partial charge in [0.15, 0.2) is 0 Å². The number of piperazine rings is 1. The minimum absolute atomic E-state index is 0.346. The number of piperidine rings is 1. The van der Waals surface area contributed by atoms with E-state index >= 15 is 0 Å². The second-order valence-electron chi connectivity index (χ2n) is 5.28. The van der Waals surface area contributed by atoms with Gasteiger partial charge < -0.3 is 0 Å². The van der Waals surface area contributed by atoms with Gasteiger partial charge in [0.2, 0.25) is 0 Å². The van der Waals surface area contributed by atoms with Crippen LogP contribution in [0.5, 0.6) is 0 Å². The Morgan fingerprint density at radius 1 is 1.38 bits per heavy atom. The topological polar surface area (TPSA) is 6.48 Å². The van der Waals surface area contributed by atoms with Crippen molar-refractivity contribution in [3.05, 3.63) is 0 Å². The Bertz CT molecular complexity index is 268. The Morgan fingerprint density at radius 2 is 2.19 bits per heavy atom. The summed E-state index contributed by atoms with van der Waals surface area (Å²) in [5.41, 5.74) is 0. The van der Waals surface area contributed by atoms with Gasteiger partial charge in [-0.25, -0.2) is 0 Å². The van der Waals surface area contributed by atoms with E-state index in [4.69, 9.17) is 6.42 Å². The molecule has 0 saturated carbocycles. The highest BCUT2D eigenvalue weighted by Crippen LogP contribution is 2.25. The van der Waals surface area contributed by atoms with E-state index in [-0.39, 0.29) is 0 Å². The van der Waals surface area contributed by atoms with E-state index < -0.39 is 0 Å². The molecular formula is C14H24N2. The van der Waals surface area contributed by atoms with Crippen molar-refractivity contribution in [1.82, 2.24) is 9.80 Å². The van der Waals surface area contributed by atoms with E-state index in [2.05, 4.69) is 29.6 Å². The molecular weight excluding hydrogens is 196 g/mol. The van der Waals surface area contributed by atoms with Crippen molar-refractivity contribution < 1.29 is 0 Å². The second kappa shape index (κ2) is 5.21. The van der Waals surface area contributed by atoms with Crippen LogP contribution in [0.1, 0.15) is 39.5 Å². The fraction of sp³-hybridized carbons (Fsp3) is 0.857. The molecule has 2 aliphatic rings. The third-order valence-electron chi connectivity index (χ3n) is 4.21. The first-order valence-corrected chi connectivity index (χ1v) is 6.72.